The molecule has 0 saturated carbocycles. The van der Waals surface area contributed by atoms with Gasteiger partial charge in [-0.15, -0.1) is 0 Å². The lowest BCUT2D eigenvalue weighted by molar-refractivity contribution is 0.0382. The molecule has 0 radical (unpaired) electrons. The van der Waals surface area contributed by atoms with Gasteiger partial charge in [0, 0.05) is 19.9 Å². The van der Waals surface area contributed by atoms with Crippen molar-refractivity contribution in [1.29, 1.82) is 0 Å². The predicted octanol–water partition coefficient (Wildman–Crippen LogP) is 1.17. The molecule has 0 aliphatic carbocycles. The van der Waals surface area contributed by atoms with E-state index >= 15 is 0 Å². The molecule has 1 unspecified atom stereocenters. The van der Waals surface area contributed by atoms with E-state index in [4.69, 9.17) is 13.9 Å². The molecule has 1 aliphatic rings. The molecule has 1 atom stereocenters. The molecule has 1 amide bonds. The van der Waals surface area contributed by atoms with Crippen LogP contribution < -0.4 is 5.32 Å². The fourth-order valence-corrected chi connectivity index (χ4v) is 2.47. The van der Waals surface area contributed by atoms with Gasteiger partial charge in [0.05, 0.1) is 37.3 Å². The zero-order chi connectivity index (χ0) is 15.4. The normalized spacial score (nSPS) is 17.2. The third-order valence-electron chi connectivity index (χ3n) is 3.62. The fraction of sp³-hybridized carbons (Fsp3) is 0.467. The third kappa shape index (κ3) is 3.20. The van der Waals surface area contributed by atoms with Crippen LogP contribution in [-0.4, -0.2) is 42.6 Å². The van der Waals surface area contributed by atoms with Gasteiger partial charge >= 0.3 is 0 Å². The molecule has 22 heavy (non-hydrogen) atoms. The second-order valence-corrected chi connectivity index (χ2v) is 5.13. The number of nitrogens with one attached hydrogen (secondary N) is 1. The predicted molar refractivity (Wildman–Crippen MR) is 77.5 cm³/mol. The first-order valence-corrected chi connectivity index (χ1v) is 7.25. The van der Waals surface area contributed by atoms with Gasteiger partial charge in [0.1, 0.15) is 12.4 Å². The molecule has 2 aromatic heterocycles. The van der Waals surface area contributed by atoms with E-state index in [1.54, 1.807) is 13.2 Å². The van der Waals surface area contributed by atoms with Crippen LogP contribution in [0.15, 0.2) is 29.2 Å². The first-order valence-electron chi connectivity index (χ1n) is 7.25. The quantitative estimate of drug-likeness (QED) is 0.866. The van der Waals surface area contributed by atoms with Gasteiger partial charge in [-0.05, 0) is 18.1 Å². The highest BCUT2D eigenvalue weighted by Crippen LogP contribution is 2.25. The van der Waals surface area contributed by atoms with Crippen LogP contribution in [0.25, 0.3) is 0 Å². The van der Waals surface area contributed by atoms with Gasteiger partial charge in [-0.3, -0.25) is 9.48 Å². The summed E-state index contributed by atoms with van der Waals surface area (Å²) >= 11 is 0. The number of fused-ring (bicyclic) bond motifs is 1. The van der Waals surface area contributed by atoms with Crippen molar-refractivity contribution in [3.63, 3.8) is 0 Å². The Bertz CT molecular complexity index is 621. The molecular weight excluding hydrogens is 286 g/mol. The Labute approximate surface area is 128 Å². The second-order valence-electron chi connectivity index (χ2n) is 5.13. The van der Waals surface area contributed by atoms with E-state index in [0.29, 0.717) is 31.9 Å². The Morgan fingerprint density at radius 2 is 2.50 bits per heavy atom. The van der Waals surface area contributed by atoms with Crippen LogP contribution in [0.2, 0.25) is 0 Å². The molecule has 0 aromatic carbocycles. The summed E-state index contributed by atoms with van der Waals surface area (Å²) in [5.41, 5.74) is 2.57. The lowest BCUT2D eigenvalue weighted by atomic mass is 10.1. The first-order chi connectivity index (χ1) is 10.8. The zero-order valence-electron chi connectivity index (χ0n) is 12.4. The molecule has 7 heteroatoms. The largest absolute Gasteiger partial charge is 0.472 e. The van der Waals surface area contributed by atoms with Crippen molar-refractivity contribution in [3.8, 4) is 0 Å². The maximum absolute atomic E-state index is 11.9. The highest BCUT2D eigenvalue weighted by Gasteiger charge is 2.25. The minimum atomic E-state index is -0.219. The summed E-state index contributed by atoms with van der Waals surface area (Å²) in [6.45, 7) is 2.34. The average Bonchev–Trinajstić information content (AvgIpc) is 3.19. The Hall–Kier alpha value is -2.12. The van der Waals surface area contributed by atoms with Gasteiger partial charge in [-0.1, -0.05) is 0 Å². The molecule has 3 heterocycles. The van der Waals surface area contributed by atoms with Crippen LogP contribution in [0.3, 0.4) is 0 Å². The lowest BCUT2D eigenvalue weighted by Gasteiger charge is -2.22. The van der Waals surface area contributed by atoms with Crippen LogP contribution in [-0.2, 0) is 22.4 Å². The monoisotopic (exact) mass is 305 g/mol. The summed E-state index contributed by atoms with van der Waals surface area (Å²) in [6.07, 6.45) is 5.54. The Kier molecular flexibility index (Phi) is 4.55. The van der Waals surface area contributed by atoms with E-state index in [-0.39, 0.29) is 12.0 Å². The van der Waals surface area contributed by atoms with E-state index in [0.717, 1.165) is 12.1 Å². The SMILES string of the molecule is COCCn1cc2c(n1)C(CNC(=O)c1ccoc1)OCC2. The number of furan rings is 1. The molecule has 3 rings (SSSR count). The standard InChI is InChI=1S/C15H19N3O4/c1-20-7-4-18-9-11-3-6-22-13(14(11)17-18)8-16-15(19)12-2-5-21-10-12/h2,5,9-10,13H,3-4,6-8H2,1H3,(H,16,19). The van der Waals surface area contributed by atoms with Gasteiger partial charge < -0.3 is 19.2 Å². The van der Waals surface area contributed by atoms with Gasteiger partial charge in [-0.2, -0.15) is 5.10 Å². The van der Waals surface area contributed by atoms with Gasteiger partial charge in [0.2, 0.25) is 0 Å². The first kappa shape index (κ1) is 14.8. The molecular formula is C15H19N3O4. The average molecular weight is 305 g/mol. The summed E-state index contributed by atoms with van der Waals surface area (Å²) in [6, 6.07) is 1.63. The summed E-state index contributed by atoms with van der Waals surface area (Å²) in [7, 11) is 1.67. The third-order valence-corrected chi connectivity index (χ3v) is 3.62. The highest BCUT2D eigenvalue weighted by molar-refractivity contribution is 5.93. The number of carbonyl (C=O) groups is 1. The van der Waals surface area contributed by atoms with E-state index in [1.807, 2.05) is 10.9 Å². The van der Waals surface area contributed by atoms with E-state index in [1.165, 1.54) is 18.1 Å². The van der Waals surface area contributed by atoms with Crippen molar-refractivity contribution in [3.05, 3.63) is 41.6 Å². The molecule has 1 aliphatic heterocycles. The zero-order valence-corrected chi connectivity index (χ0v) is 12.4. The van der Waals surface area contributed by atoms with Crippen molar-refractivity contribution < 1.29 is 18.7 Å². The van der Waals surface area contributed by atoms with Gasteiger partial charge in [0.25, 0.3) is 5.91 Å². The number of hydrogen-bond donors (Lipinski definition) is 1. The number of hydrogen-bond acceptors (Lipinski definition) is 5. The minimum Gasteiger partial charge on any atom is -0.472 e. The summed E-state index contributed by atoms with van der Waals surface area (Å²) in [4.78, 5) is 11.9. The van der Waals surface area contributed by atoms with E-state index in [9.17, 15) is 4.79 Å². The molecule has 7 nitrogen and oxygen atoms in total. The number of ether oxygens (including phenoxy) is 2. The fourth-order valence-electron chi connectivity index (χ4n) is 2.47. The molecule has 2 aromatic rings. The van der Waals surface area contributed by atoms with Crippen molar-refractivity contribution in [1.82, 2.24) is 15.1 Å². The van der Waals surface area contributed by atoms with Crippen LogP contribution in [0.4, 0.5) is 0 Å². The topological polar surface area (TPSA) is 78.5 Å². The number of amides is 1. The summed E-state index contributed by atoms with van der Waals surface area (Å²) in [5.74, 6) is -0.178. The maximum Gasteiger partial charge on any atom is 0.254 e. The minimum absolute atomic E-state index is 0.178. The number of carbonyl (C=O) groups excluding carboxylic acids is 1. The number of rotatable bonds is 6. The molecule has 0 saturated heterocycles. The van der Waals surface area contributed by atoms with Crippen LogP contribution in [0.5, 0.6) is 0 Å². The smallest absolute Gasteiger partial charge is 0.254 e. The second kappa shape index (κ2) is 6.76. The van der Waals surface area contributed by atoms with Crippen molar-refractivity contribution in [2.45, 2.75) is 19.1 Å². The van der Waals surface area contributed by atoms with Crippen molar-refractivity contribution in [2.75, 3.05) is 26.9 Å². The van der Waals surface area contributed by atoms with Gasteiger partial charge in [0.15, 0.2) is 0 Å². The Morgan fingerprint density at radius 1 is 1.59 bits per heavy atom. The molecule has 118 valence electrons. The molecule has 0 bridgehead atoms. The van der Waals surface area contributed by atoms with Crippen LogP contribution in [0.1, 0.15) is 27.7 Å². The summed E-state index contributed by atoms with van der Waals surface area (Å²) in [5, 5.41) is 7.40. The number of aromatic nitrogens is 2. The highest BCUT2D eigenvalue weighted by atomic mass is 16.5. The summed E-state index contributed by atoms with van der Waals surface area (Å²) < 4.78 is 17.6. The molecule has 0 fully saturated rings. The van der Waals surface area contributed by atoms with Crippen LogP contribution >= 0.6 is 0 Å². The lowest BCUT2D eigenvalue weighted by Crippen LogP contribution is -2.31. The molecule has 0 spiro atoms. The van der Waals surface area contributed by atoms with Crippen molar-refractivity contribution in [2.24, 2.45) is 0 Å². The van der Waals surface area contributed by atoms with E-state index < -0.39 is 0 Å². The molecule has 1 N–H and O–H groups in total. The Balaban J connectivity index is 1.64. The maximum atomic E-state index is 11.9. The van der Waals surface area contributed by atoms with Gasteiger partial charge in [-0.25, -0.2) is 0 Å². The van der Waals surface area contributed by atoms with E-state index in [2.05, 4.69) is 10.4 Å². The number of nitrogens with zero attached hydrogens (tertiary/aromatic N) is 2. The number of methoxy groups -OCH3 is 1. The van der Waals surface area contributed by atoms with Crippen molar-refractivity contribution >= 4 is 5.91 Å². The van der Waals surface area contributed by atoms with Crippen LogP contribution in [0, 0.1) is 0 Å². The Morgan fingerprint density at radius 3 is 3.27 bits per heavy atom.